The number of benzene rings is 2. The number of carboxylic acids is 1. The molecule has 0 aliphatic heterocycles. The molecule has 0 fully saturated rings. The van der Waals surface area contributed by atoms with Gasteiger partial charge in [-0.2, -0.15) is 0 Å². The van der Waals surface area contributed by atoms with E-state index in [1.807, 2.05) is 12.1 Å². The zero-order chi connectivity index (χ0) is 15.2. The molecule has 0 unspecified atom stereocenters. The molecule has 0 saturated heterocycles. The number of carboxylic acid groups (broad SMARTS) is 1. The number of amides is 1. The van der Waals surface area contributed by atoms with Crippen LogP contribution in [0.3, 0.4) is 0 Å². The summed E-state index contributed by atoms with van der Waals surface area (Å²) >= 11 is 2.18. The zero-order valence-electron chi connectivity index (χ0n) is 11.2. The highest BCUT2D eigenvalue weighted by Crippen LogP contribution is 2.10. The lowest BCUT2D eigenvalue weighted by Crippen LogP contribution is -2.26. The second kappa shape index (κ2) is 7.21. The Kier molecular flexibility index (Phi) is 5.32. The number of aromatic carboxylic acids is 1. The summed E-state index contributed by atoms with van der Waals surface area (Å²) in [5.41, 5.74) is 1.59. The summed E-state index contributed by atoms with van der Waals surface area (Å²) in [5, 5.41) is 11.9. The van der Waals surface area contributed by atoms with Gasteiger partial charge in [-0.3, -0.25) is 4.79 Å². The number of halogens is 1. The predicted molar refractivity (Wildman–Crippen MR) is 88.6 cm³/mol. The van der Waals surface area contributed by atoms with E-state index in [1.54, 1.807) is 36.4 Å². The van der Waals surface area contributed by atoms with Gasteiger partial charge >= 0.3 is 5.97 Å². The van der Waals surface area contributed by atoms with E-state index < -0.39 is 5.97 Å². The van der Waals surface area contributed by atoms with E-state index in [1.165, 1.54) is 0 Å². The molecule has 2 rings (SSSR count). The van der Waals surface area contributed by atoms with E-state index >= 15 is 0 Å². The Bertz CT molecular complexity index is 653. The Balaban J connectivity index is 1.94. The summed E-state index contributed by atoms with van der Waals surface area (Å²) in [6.45, 7) is 0.398. The van der Waals surface area contributed by atoms with E-state index in [4.69, 9.17) is 5.11 Å². The molecule has 0 bridgehead atoms. The van der Waals surface area contributed by atoms with Crippen LogP contribution in [0.1, 0.15) is 26.3 Å². The van der Waals surface area contributed by atoms with E-state index in [-0.39, 0.29) is 11.5 Å². The van der Waals surface area contributed by atoms with Crippen molar-refractivity contribution < 1.29 is 14.7 Å². The first-order valence-corrected chi connectivity index (χ1v) is 7.51. The fourth-order valence-corrected chi connectivity index (χ4v) is 2.32. The lowest BCUT2D eigenvalue weighted by atomic mass is 10.0. The summed E-state index contributed by atoms with van der Waals surface area (Å²) in [6.07, 6.45) is 0.485. The third-order valence-corrected chi connectivity index (χ3v) is 3.75. The molecule has 0 radical (unpaired) electrons. The van der Waals surface area contributed by atoms with Crippen molar-refractivity contribution in [3.05, 3.63) is 68.8 Å². The van der Waals surface area contributed by atoms with Crippen LogP contribution in [0.5, 0.6) is 0 Å². The smallest absolute Gasteiger partial charge is 0.335 e. The van der Waals surface area contributed by atoms with Gasteiger partial charge in [0.2, 0.25) is 0 Å². The summed E-state index contributed by atoms with van der Waals surface area (Å²) in [4.78, 5) is 23.0. The molecule has 0 aliphatic carbocycles. The van der Waals surface area contributed by atoms with Gasteiger partial charge in [0.05, 0.1) is 5.56 Å². The molecule has 1 amide bonds. The molecule has 0 heterocycles. The van der Waals surface area contributed by atoms with Crippen LogP contribution in [-0.2, 0) is 6.42 Å². The number of rotatable bonds is 5. The van der Waals surface area contributed by atoms with Gasteiger partial charge in [0, 0.05) is 15.7 Å². The van der Waals surface area contributed by atoms with E-state index in [9.17, 15) is 9.59 Å². The highest BCUT2D eigenvalue weighted by molar-refractivity contribution is 14.1. The third-order valence-electron chi connectivity index (χ3n) is 3.03. The van der Waals surface area contributed by atoms with Crippen molar-refractivity contribution in [2.24, 2.45) is 0 Å². The molecule has 0 aliphatic rings. The molecule has 0 spiro atoms. The Morgan fingerprint density at radius 3 is 2.38 bits per heavy atom. The second-order valence-corrected chi connectivity index (χ2v) is 5.72. The maximum atomic E-state index is 11.9. The van der Waals surface area contributed by atoms with E-state index in [0.717, 1.165) is 3.57 Å². The van der Waals surface area contributed by atoms with Crippen LogP contribution in [0.4, 0.5) is 0 Å². The highest BCUT2D eigenvalue weighted by atomic mass is 127. The van der Waals surface area contributed by atoms with E-state index in [0.29, 0.717) is 24.1 Å². The number of hydrogen-bond acceptors (Lipinski definition) is 2. The molecule has 21 heavy (non-hydrogen) atoms. The molecular weight excluding hydrogens is 381 g/mol. The van der Waals surface area contributed by atoms with Crippen LogP contribution in [0.15, 0.2) is 48.5 Å². The lowest BCUT2D eigenvalue weighted by Gasteiger charge is -2.08. The number of carbonyl (C=O) groups is 2. The van der Waals surface area contributed by atoms with Gasteiger partial charge in [-0.25, -0.2) is 4.79 Å². The lowest BCUT2D eigenvalue weighted by molar-refractivity contribution is 0.0695. The average Bonchev–Trinajstić information content (AvgIpc) is 2.48. The summed E-state index contributed by atoms with van der Waals surface area (Å²) in [6, 6.07) is 14.1. The first-order chi connectivity index (χ1) is 10.1. The fourth-order valence-electron chi connectivity index (χ4n) is 1.96. The standard InChI is InChI=1S/C16H14INO3/c17-13-7-5-12(6-8-13)15(19)18-10-9-11-3-1-2-4-14(11)16(20)21/h1-8H,9-10H2,(H,18,19)(H,20,21). The molecule has 2 N–H and O–H groups in total. The van der Waals surface area contributed by atoms with E-state index in [2.05, 4.69) is 27.9 Å². The Hall–Kier alpha value is -1.89. The van der Waals surface area contributed by atoms with Crippen LogP contribution in [-0.4, -0.2) is 23.5 Å². The maximum Gasteiger partial charge on any atom is 0.335 e. The van der Waals surface area contributed by atoms with Crippen LogP contribution in [0.25, 0.3) is 0 Å². The predicted octanol–water partition coefficient (Wildman–Crippen LogP) is 2.96. The van der Waals surface area contributed by atoms with Gasteiger partial charge in [-0.1, -0.05) is 18.2 Å². The number of nitrogens with one attached hydrogen (secondary N) is 1. The Labute approximate surface area is 136 Å². The Morgan fingerprint density at radius 2 is 1.71 bits per heavy atom. The molecule has 2 aromatic carbocycles. The third kappa shape index (κ3) is 4.29. The van der Waals surface area contributed by atoms with Crippen molar-refractivity contribution in [1.29, 1.82) is 0 Å². The van der Waals surface area contributed by atoms with Gasteiger partial charge in [-0.05, 0) is 64.9 Å². The summed E-state index contributed by atoms with van der Waals surface area (Å²) in [5.74, 6) is -1.10. The molecule has 5 heteroatoms. The van der Waals surface area contributed by atoms with Crippen LogP contribution in [0, 0.1) is 3.57 Å². The fraction of sp³-hybridized carbons (Fsp3) is 0.125. The van der Waals surface area contributed by atoms with Gasteiger partial charge in [0.15, 0.2) is 0 Å². The average molecular weight is 395 g/mol. The SMILES string of the molecule is O=C(NCCc1ccccc1C(=O)O)c1ccc(I)cc1. The number of hydrogen-bond donors (Lipinski definition) is 2. The second-order valence-electron chi connectivity index (χ2n) is 4.48. The van der Waals surface area contributed by atoms with Gasteiger partial charge < -0.3 is 10.4 Å². The minimum Gasteiger partial charge on any atom is -0.478 e. The van der Waals surface area contributed by atoms with Crippen molar-refractivity contribution in [3.8, 4) is 0 Å². The van der Waals surface area contributed by atoms with Gasteiger partial charge in [0.1, 0.15) is 0 Å². The van der Waals surface area contributed by atoms with Crippen molar-refractivity contribution in [1.82, 2.24) is 5.32 Å². The maximum absolute atomic E-state index is 11.9. The number of carbonyl (C=O) groups excluding carboxylic acids is 1. The van der Waals surface area contributed by atoms with Crippen LogP contribution < -0.4 is 5.32 Å². The topological polar surface area (TPSA) is 66.4 Å². The van der Waals surface area contributed by atoms with Gasteiger partial charge in [0.25, 0.3) is 5.91 Å². The first-order valence-electron chi connectivity index (χ1n) is 6.43. The molecule has 2 aromatic rings. The van der Waals surface area contributed by atoms with Crippen molar-refractivity contribution >= 4 is 34.5 Å². The van der Waals surface area contributed by atoms with Crippen molar-refractivity contribution in [2.45, 2.75) is 6.42 Å². The molecule has 0 saturated carbocycles. The zero-order valence-corrected chi connectivity index (χ0v) is 13.3. The largest absolute Gasteiger partial charge is 0.478 e. The molecular formula is C16H14INO3. The molecule has 108 valence electrons. The van der Waals surface area contributed by atoms with Crippen LogP contribution in [0.2, 0.25) is 0 Å². The summed E-state index contributed by atoms with van der Waals surface area (Å²) < 4.78 is 1.07. The Morgan fingerprint density at radius 1 is 1.05 bits per heavy atom. The summed E-state index contributed by atoms with van der Waals surface area (Å²) in [7, 11) is 0. The molecule has 0 atom stereocenters. The van der Waals surface area contributed by atoms with Crippen LogP contribution >= 0.6 is 22.6 Å². The monoisotopic (exact) mass is 395 g/mol. The highest BCUT2D eigenvalue weighted by Gasteiger charge is 2.09. The van der Waals surface area contributed by atoms with Crippen molar-refractivity contribution in [3.63, 3.8) is 0 Å². The molecule has 0 aromatic heterocycles. The minimum absolute atomic E-state index is 0.154. The molecule has 4 nitrogen and oxygen atoms in total. The van der Waals surface area contributed by atoms with Crippen molar-refractivity contribution in [2.75, 3.05) is 6.54 Å². The van der Waals surface area contributed by atoms with Gasteiger partial charge in [-0.15, -0.1) is 0 Å². The normalized spacial score (nSPS) is 10.1. The quantitative estimate of drug-likeness (QED) is 0.766. The first kappa shape index (κ1) is 15.5. The minimum atomic E-state index is -0.949.